The fourth-order valence-electron chi connectivity index (χ4n) is 6.21. The molecule has 1 aromatic carbocycles. The Kier molecular flexibility index (Phi) is 18.9. The number of carbonyl (C=O) groups is 9. The largest absolute Gasteiger partial charge is 0.481 e. The van der Waals surface area contributed by atoms with Crippen molar-refractivity contribution >= 4 is 53.3 Å². The van der Waals surface area contributed by atoms with Gasteiger partial charge in [0.1, 0.15) is 36.3 Å². The van der Waals surface area contributed by atoms with Crippen molar-refractivity contribution in [2.45, 2.75) is 129 Å². The average Bonchev–Trinajstić information content (AvgIpc) is 3.63. The highest BCUT2D eigenvalue weighted by Gasteiger charge is 2.41. The summed E-state index contributed by atoms with van der Waals surface area (Å²) in [6, 6.07) is 1.71. The van der Waals surface area contributed by atoms with Crippen molar-refractivity contribution in [2.75, 3.05) is 6.54 Å². The lowest BCUT2D eigenvalue weighted by atomic mass is 9.95. The molecule has 0 bridgehead atoms. The lowest BCUT2D eigenvalue weighted by Gasteiger charge is -2.33. The Bertz CT molecular complexity index is 1560. The molecular weight excluding hydrogens is 730 g/mol. The molecule has 1 aliphatic rings. The SMILES string of the molecule is CCCC(NC(=O)[C@@H]1CCCN1C(=O)[C@@H](NC(=O)[C@@H](NC(=O)[C@H](CC(=O)O)NC(=O)[C@H](CC(=O)O)NC(C)=O)[C@@H](C)CC)C(C)C)C(=O)NCc1ccccc1. The zero-order chi connectivity index (χ0) is 42.1. The lowest BCUT2D eigenvalue weighted by molar-refractivity contribution is -0.144. The molecule has 56 heavy (non-hydrogen) atoms. The molecule has 0 saturated carbocycles. The molecule has 1 aromatic rings. The number of hydrogen-bond acceptors (Lipinski definition) is 9. The minimum Gasteiger partial charge on any atom is -0.481 e. The fraction of sp³-hybridized carbons (Fsp3) is 0.605. The van der Waals surface area contributed by atoms with Crippen molar-refractivity contribution in [2.24, 2.45) is 11.8 Å². The molecule has 1 unspecified atom stereocenters. The first kappa shape index (κ1) is 46.6. The number of likely N-dealkylation sites (tertiary alicyclic amines) is 1. The predicted octanol–water partition coefficient (Wildman–Crippen LogP) is 0.189. The van der Waals surface area contributed by atoms with Crippen molar-refractivity contribution in [3.8, 4) is 0 Å². The van der Waals surface area contributed by atoms with Gasteiger partial charge in [-0.1, -0.05) is 77.8 Å². The van der Waals surface area contributed by atoms with E-state index in [1.54, 1.807) is 27.7 Å². The minimum absolute atomic E-state index is 0.220. The van der Waals surface area contributed by atoms with Gasteiger partial charge in [0.15, 0.2) is 0 Å². The Morgan fingerprint density at radius 3 is 1.84 bits per heavy atom. The molecule has 1 heterocycles. The van der Waals surface area contributed by atoms with E-state index in [9.17, 15) is 53.4 Å². The smallest absolute Gasteiger partial charge is 0.305 e. The molecule has 2 rings (SSSR count). The summed E-state index contributed by atoms with van der Waals surface area (Å²) in [4.78, 5) is 117. The summed E-state index contributed by atoms with van der Waals surface area (Å²) in [5.41, 5.74) is 0.892. The number of carboxylic acids is 2. The van der Waals surface area contributed by atoms with Crippen molar-refractivity contribution in [3.63, 3.8) is 0 Å². The molecule has 18 nitrogen and oxygen atoms in total. The van der Waals surface area contributed by atoms with E-state index in [1.807, 2.05) is 37.3 Å². The number of amides is 7. The maximum Gasteiger partial charge on any atom is 0.305 e. The summed E-state index contributed by atoms with van der Waals surface area (Å²) in [6.45, 7) is 10.2. The molecule has 0 aromatic heterocycles. The first-order valence-corrected chi connectivity index (χ1v) is 18.9. The molecule has 0 spiro atoms. The maximum atomic E-state index is 14.1. The summed E-state index contributed by atoms with van der Waals surface area (Å²) in [5, 5.41) is 33.8. The van der Waals surface area contributed by atoms with Crippen LogP contribution in [0.25, 0.3) is 0 Å². The van der Waals surface area contributed by atoms with Crippen LogP contribution in [0.2, 0.25) is 0 Å². The number of nitrogens with zero attached hydrogens (tertiary/aromatic N) is 1. The number of hydrogen-bond donors (Lipinski definition) is 8. The van der Waals surface area contributed by atoms with Gasteiger partial charge in [-0.3, -0.25) is 43.2 Å². The van der Waals surface area contributed by atoms with Crippen LogP contribution in [0.3, 0.4) is 0 Å². The van der Waals surface area contributed by atoms with Crippen LogP contribution in [0.5, 0.6) is 0 Å². The highest BCUT2D eigenvalue weighted by atomic mass is 16.4. The Morgan fingerprint density at radius 2 is 1.30 bits per heavy atom. The van der Waals surface area contributed by atoms with E-state index in [1.165, 1.54) is 4.90 Å². The van der Waals surface area contributed by atoms with E-state index < -0.39 is 108 Å². The van der Waals surface area contributed by atoms with Gasteiger partial charge in [0.2, 0.25) is 41.4 Å². The van der Waals surface area contributed by atoms with Gasteiger partial charge in [0.25, 0.3) is 0 Å². The zero-order valence-corrected chi connectivity index (χ0v) is 32.9. The lowest BCUT2D eigenvalue weighted by Crippen LogP contribution is -2.61. The molecule has 0 aliphatic carbocycles. The van der Waals surface area contributed by atoms with E-state index in [2.05, 4.69) is 31.9 Å². The first-order valence-electron chi connectivity index (χ1n) is 18.9. The highest BCUT2D eigenvalue weighted by molar-refractivity contribution is 5.98. The third kappa shape index (κ3) is 14.6. The van der Waals surface area contributed by atoms with Crippen molar-refractivity contribution in [3.05, 3.63) is 35.9 Å². The van der Waals surface area contributed by atoms with Crippen LogP contribution in [0, 0.1) is 11.8 Å². The van der Waals surface area contributed by atoms with E-state index in [0.29, 0.717) is 32.1 Å². The Labute approximate surface area is 326 Å². The normalized spacial score (nSPS) is 16.9. The van der Waals surface area contributed by atoms with Gasteiger partial charge in [-0.2, -0.15) is 0 Å². The summed E-state index contributed by atoms with van der Waals surface area (Å²) < 4.78 is 0. The van der Waals surface area contributed by atoms with Gasteiger partial charge in [0.05, 0.1) is 12.8 Å². The Morgan fingerprint density at radius 1 is 0.732 bits per heavy atom. The van der Waals surface area contributed by atoms with E-state index in [4.69, 9.17) is 0 Å². The topological polar surface area (TPSA) is 270 Å². The number of nitrogens with one attached hydrogen (secondary N) is 6. The van der Waals surface area contributed by atoms with E-state index >= 15 is 0 Å². The van der Waals surface area contributed by atoms with Crippen molar-refractivity contribution < 1.29 is 53.4 Å². The molecule has 1 aliphatic heterocycles. The van der Waals surface area contributed by atoms with Gasteiger partial charge in [-0.05, 0) is 36.7 Å². The molecule has 18 heteroatoms. The first-order chi connectivity index (χ1) is 26.4. The summed E-state index contributed by atoms with van der Waals surface area (Å²) in [6.07, 6.45) is 0.374. The van der Waals surface area contributed by atoms with Crippen molar-refractivity contribution in [1.29, 1.82) is 0 Å². The summed E-state index contributed by atoms with van der Waals surface area (Å²) >= 11 is 0. The van der Waals surface area contributed by atoms with Gasteiger partial charge in [-0.25, -0.2) is 0 Å². The Balaban J connectivity index is 2.23. The average molecular weight is 788 g/mol. The molecule has 310 valence electrons. The molecule has 7 atom stereocenters. The second-order valence-electron chi connectivity index (χ2n) is 14.4. The minimum atomic E-state index is -1.77. The number of benzene rings is 1. The highest BCUT2D eigenvalue weighted by Crippen LogP contribution is 2.21. The van der Waals surface area contributed by atoms with Gasteiger partial charge in [0, 0.05) is 20.0 Å². The van der Waals surface area contributed by atoms with Crippen LogP contribution < -0.4 is 31.9 Å². The fourth-order valence-corrected chi connectivity index (χ4v) is 6.21. The molecule has 7 amide bonds. The van der Waals surface area contributed by atoms with Crippen LogP contribution in [0.1, 0.15) is 92.1 Å². The molecule has 8 N–H and O–H groups in total. The third-order valence-electron chi connectivity index (χ3n) is 9.47. The molecule has 1 fully saturated rings. The van der Waals surface area contributed by atoms with Crippen LogP contribution >= 0.6 is 0 Å². The number of aliphatic carboxylic acids is 2. The summed E-state index contributed by atoms with van der Waals surface area (Å²) in [5.74, 6) is -9.10. The van der Waals surface area contributed by atoms with Crippen LogP contribution in [0.15, 0.2) is 30.3 Å². The van der Waals surface area contributed by atoms with Crippen molar-refractivity contribution in [1.82, 2.24) is 36.8 Å². The predicted molar refractivity (Wildman–Crippen MR) is 202 cm³/mol. The van der Waals surface area contributed by atoms with Crippen LogP contribution in [0.4, 0.5) is 0 Å². The molecular formula is C38H57N7O11. The maximum absolute atomic E-state index is 14.1. The zero-order valence-electron chi connectivity index (χ0n) is 32.9. The van der Waals surface area contributed by atoms with E-state index in [0.717, 1.165) is 12.5 Å². The second kappa shape index (κ2) is 22.7. The molecule has 1 saturated heterocycles. The van der Waals surface area contributed by atoms with Gasteiger partial charge in [-0.15, -0.1) is 0 Å². The number of carbonyl (C=O) groups excluding carboxylic acids is 7. The number of rotatable bonds is 22. The third-order valence-corrected chi connectivity index (χ3v) is 9.47. The van der Waals surface area contributed by atoms with Gasteiger partial charge >= 0.3 is 11.9 Å². The Hall–Kier alpha value is -5.55. The summed E-state index contributed by atoms with van der Waals surface area (Å²) in [7, 11) is 0. The van der Waals surface area contributed by atoms with Crippen LogP contribution in [-0.4, -0.2) is 111 Å². The second-order valence-corrected chi connectivity index (χ2v) is 14.4. The molecule has 0 radical (unpaired) electrons. The van der Waals surface area contributed by atoms with Crippen LogP contribution in [-0.2, 0) is 49.7 Å². The standard InChI is InChI=1S/C38H57N7O11/c1-7-13-25(33(51)39-20-24-14-10-9-11-15-24)41-36(54)28-16-12-17-45(28)38(56)31(21(3)4)43-37(55)32(22(5)8-2)44-35(53)27(19-30(49)50)42-34(52)26(18-29(47)48)40-23(6)46/h9-11,14-15,21-22,25-28,31-32H,7-8,12-13,16-20H2,1-6H3,(H,39,51)(H,40,46)(H,41,54)(H,42,52)(H,43,55)(H,44,53)(H,47,48)(H,49,50)/t22-,25?,26-,27-,28-,31-,32-/m0/s1. The monoisotopic (exact) mass is 787 g/mol. The van der Waals surface area contributed by atoms with E-state index in [-0.39, 0.29) is 19.0 Å². The number of carboxylic acid groups (broad SMARTS) is 2. The quantitative estimate of drug-likeness (QED) is 0.0786. The van der Waals surface area contributed by atoms with Gasteiger partial charge < -0.3 is 47.0 Å².